The second-order valence-electron chi connectivity index (χ2n) is 5.18. The van der Waals surface area contributed by atoms with Crippen LogP contribution in [0.4, 0.5) is 11.4 Å². The van der Waals surface area contributed by atoms with E-state index in [2.05, 4.69) is 10.6 Å². The van der Waals surface area contributed by atoms with Gasteiger partial charge in [-0.05, 0) is 43.3 Å². The highest BCUT2D eigenvalue weighted by atomic mass is 16.5. The van der Waals surface area contributed by atoms with Crippen LogP contribution in [0.3, 0.4) is 0 Å². The molecule has 26 heavy (non-hydrogen) atoms. The van der Waals surface area contributed by atoms with Gasteiger partial charge in [0.25, 0.3) is 5.91 Å². The number of carbonyl (C=O) groups is 2. The molecule has 0 aliphatic rings. The fraction of sp³-hybridized carbons (Fsp3) is 0.211. The predicted octanol–water partition coefficient (Wildman–Crippen LogP) is 2.95. The molecule has 2 rings (SSSR count). The fourth-order valence-electron chi connectivity index (χ4n) is 2.10. The molecule has 2 N–H and O–H groups in total. The summed E-state index contributed by atoms with van der Waals surface area (Å²) in [5, 5.41) is 13.7. The third kappa shape index (κ3) is 5.83. The van der Waals surface area contributed by atoms with Gasteiger partial charge in [0.15, 0.2) is 18.1 Å². The summed E-state index contributed by atoms with van der Waals surface area (Å²) in [4.78, 5) is 23.4. The van der Waals surface area contributed by atoms with Crippen LogP contribution in [0.2, 0.25) is 0 Å². The Hall–Kier alpha value is -3.53. The molecule has 0 bridgehead atoms. The lowest BCUT2D eigenvalue weighted by Crippen LogP contribution is -2.20. The number of hydrogen-bond acceptors (Lipinski definition) is 5. The Morgan fingerprint density at radius 3 is 2.00 bits per heavy atom. The first-order valence-electron chi connectivity index (χ1n) is 8.03. The van der Waals surface area contributed by atoms with Gasteiger partial charge >= 0.3 is 0 Å². The normalized spacial score (nSPS) is 9.69. The van der Waals surface area contributed by atoms with Gasteiger partial charge in [0.1, 0.15) is 6.42 Å². The van der Waals surface area contributed by atoms with Gasteiger partial charge in [-0.25, -0.2) is 0 Å². The summed E-state index contributed by atoms with van der Waals surface area (Å²) >= 11 is 0. The summed E-state index contributed by atoms with van der Waals surface area (Å²) in [6.07, 6.45) is -0.209. The molecule has 0 fully saturated rings. The molecule has 0 saturated carbocycles. The zero-order chi connectivity index (χ0) is 18.8. The van der Waals surface area contributed by atoms with Gasteiger partial charge in [0.05, 0.1) is 12.7 Å². The fourth-order valence-corrected chi connectivity index (χ4v) is 2.10. The van der Waals surface area contributed by atoms with Crippen molar-refractivity contribution in [2.45, 2.75) is 13.3 Å². The molecule has 7 heteroatoms. The van der Waals surface area contributed by atoms with E-state index >= 15 is 0 Å². The number of nitrogens with zero attached hydrogens (tertiary/aromatic N) is 1. The summed E-state index contributed by atoms with van der Waals surface area (Å²) in [6, 6.07) is 15.5. The Labute approximate surface area is 151 Å². The van der Waals surface area contributed by atoms with E-state index in [1.165, 1.54) is 0 Å². The van der Waals surface area contributed by atoms with E-state index in [0.29, 0.717) is 29.5 Å². The Bertz CT molecular complexity index is 797. The van der Waals surface area contributed by atoms with Gasteiger partial charge in [0.2, 0.25) is 5.91 Å². The van der Waals surface area contributed by atoms with Gasteiger partial charge in [-0.3, -0.25) is 9.59 Å². The van der Waals surface area contributed by atoms with Crippen molar-refractivity contribution in [3.63, 3.8) is 0 Å². The van der Waals surface area contributed by atoms with E-state index in [4.69, 9.17) is 14.7 Å². The number of anilines is 2. The van der Waals surface area contributed by atoms with E-state index in [-0.39, 0.29) is 24.8 Å². The molecule has 0 radical (unpaired) electrons. The third-order valence-corrected chi connectivity index (χ3v) is 3.20. The largest absolute Gasteiger partial charge is 0.490 e. The molecule has 0 unspecified atom stereocenters. The summed E-state index contributed by atoms with van der Waals surface area (Å²) in [5.41, 5.74) is 1.11. The van der Waals surface area contributed by atoms with Crippen LogP contribution in [0.25, 0.3) is 0 Å². The van der Waals surface area contributed by atoms with Crippen LogP contribution in [0.15, 0.2) is 48.5 Å². The molecular weight excluding hydrogens is 334 g/mol. The molecule has 2 aromatic carbocycles. The molecular formula is C19H19N3O4. The van der Waals surface area contributed by atoms with E-state index in [1.807, 2.05) is 13.0 Å². The van der Waals surface area contributed by atoms with Crippen molar-refractivity contribution in [1.29, 1.82) is 5.26 Å². The number of carbonyl (C=O) groups excluding carboxylic acids is 2. The van der Waals surface area contributed by atoms with Crippen molar-refractivity contribution in [3.05, 3.63) is 48.5 Å². The lowest BCUT2D eigenvalue weighted by Gasteiger charge is -2.12. The number of amides is 2. The Morgan fingerprint density at radius 2 is 1.46 bits per heavy atom. The molecule has 0 heterocycles. The maximum atomic E-state index is 12.0. The maximum Gasteiger partial charge on any atom is 0.262 e. The van der Waals surface area contributed by atoms with Gasteiger partial charge in [-0.1, -0.05) is 12.1 Å². The lowest BCUT2D eigenvalue weighted by atomic mass is 10.2. The second-order valence-corrected chi connectivity index (χ2v) is 5.18. The number of benzene rings is 2. The van der Waals surface area contributed by atoms with Crippen LogP contribution in [0.5, 0.6) is 11.5 Å². The number of hydrogen-bond donors (Lipinski definition) is 2. The summed E-state index contributed by atoms with van der Waals surface area (Å²) in [5.74, 6) is 0.378. The van der Waals surface area contributed by atoms with Gasteiger partial charge in [-0.15, -0.1) is 0 Å². The molecule has 0 aliphatic heterocycles. The lowest BCUT2D eigenvalue weighted by molar-refractivity contribution is -0.118. The molecule has 0 aliphatic carbocycles. The number of nitriles is 1. The number of para-hydroxylation sites is 2. The second kappa shape index (κ2) is 9.69. The smallest absolute Gasteiger partial charge is 0.262 e. The van der Waals surface area contributed by atoms with Crippen molar-refractivity contribution >= 4 is 23.2 Å². The minimum Gasteiger partial charge on any atom is -0.490 e. The van der Waals surface area contributed by atoms with Crippen LogP contribution in [-0.4, -0.2) is 25.0 Å². The first-order valence-corrected chi connectivity index (χ1v) is 8.03. The number of rotatable bonds is 8. The first kappa shape index (κ1) is 18.8. The Morgan fingerprint density at radius 1 is 0.923 bits per heavy atom. The SMILES string of the molecule is CCOc1ccccc1OCC(=O)Nc1ccc(NC(=O)CC#N)cc1. The van der Waals surface area contributed by atoms with Gasteiger partial charge < -0.3 is 20.1 Å². The predicted molar refractivity (Wildman–Crippen MR) is 97.0 cm³/mol. The Kier molecular flexibility index (Phi) is 7.01. The molecule has 134 valence electrons. The highest BCUT2D eigenvalue weighted by molar-refractivity contribution is 5.94. The maximum absolute atomic E-state index is 12.0. The van der Waals surface area contributed by atoms with E-state index in [1.54, 1.807) is 48.5 Å². The third-order valence-electron chi connectivity index (χ3n) is 3.20. The van der Waals surface area contributed by atoms with Gasteiger partial charge in [0, 0.05) is 11.4 Å². The van der Waals surface area contributed by atoms with Crippen molar-refractivity contribution < 1.29 is 19.1 Å². The van der Waals surface area contributed by atoms with Crippen LogP contribution < -0.4 is 20.1 Å². The molecule has 2 aromatic rings. The van der Waals surface area contributed by atoms with Crippen LogP contribution in [-0.2, 0) is 9.59 Å². The highest BCUT2D eigenvalue weighted by Crippen LogP contribution is 2.26. The minimum atomic E-state index is -0.384. The van der Waals surface area contributed by atoms with Crippen molar-refractivity contribution in [3.8, 4) is 17.6 Å². The van der Waals surface area contributed by atoms with Crippen LogP contribution in [0.1, 0.15) is 13.3 Å². The van der Waals surface area contributed by atoms with Crippen molar-refractivity contribution in [2.75, 3.05) is 23.8 Å². The average Bonchev–Trinajstić information content (AvgIpc) is 2.63. The molecule has 0 saturated heterocycles. The van der Waals surface area contributed by atoms with E-state index in [0.717, 1.165) is 0 Å². The molecule has 2 amide bonds. The highest BCUT2D eigenvalue weighted by Gasteiger charge is 2.08. The van der Waals surface area contributed by atoms with E-state index < -0.39 is 0 Å². The molecule has 0 atom stereocenters. The van der Waals surface area contributed by atoms with Crippen molar-refractivity contribution in [2.24, 2.45) is 0 Å². The molecule has 7 nitrogen and oxygen atoms in total. The summed E-state index contributed by atoms with van der Waals surface area (Å²) < 4.78 is 10.9. The standard InChI is InChI=1S/C19H19N3O4/c1-2-25-16-5-3-4-6-17(16)26-13-19(24)22-15-9-7-14(8-10-15)21-18(23)11-12-20/h3-10H,2,11,13H2,1H3,(H,21,23)(H,22,24). The summed E-state index contributed by atoms with van der Waals surface area (Å²) in [6.45, 7) is 2.21. The van der Waals surface area contributed by atoms with Gasteiger partial charge in [-0.2, -0.15) is 5.26 Å². The average molecular weight is 353 g/mol. The van der Waals surface area contributed by atoms with Crippen LogP contribution >= 0.6 is 0 Å². The zero-order valence-corrected chi connectivity index (χ0v) is 14.3. The number of nitrogens with one attached hydrogen (secondary N) is 2. The van der Waals surface area contributed by atoms with Crippen molar-refractivity contribution in [1.82, 2.24) is 0 Å². The monoisotopic (exact) mass is 353 g/mol. The molecule has 0 aromatic heterocycles. The first-order chi connectivity index (χ1) is 12.6. The minimum absolute atomic E-state index is 0.162. The number of ether oxygens (including phenoxy) is 2. The zero-order valence-electron chi connectivity index (χ0n) is 14.3. The summed E-state index contributed by atoms with van der Waals surface area (Å²) in [7, 11) is 0. The van der Waals surface area contributed by atoms with Crippen LogP contribution in [0, 0.1) is 11.3 Å². The van der Waals surface area contributed by atoms with E-state index in [9.17, 15) is 9.59 Å². The topological polar surface area (TPSA) is 100 Å². The quantitative estimate of drug-likeness (QED) is 0.760. The Balaban J connectivity index is 1.86. The molecule has 0 spiro atoms.